The van der Waals surface area contributed by atoms with Gasteiger partial charge in [0.2, 0.25) is 0 Å². The van der Waals surface area contributed by atoms with E-state index in [1.807, 2.05) is 0 Å². The average molecular weight is 240 g/mol. The van der Waals surface area contributed by atoms with Crippen LogP contribution in [0.4, 0.5) is 13.2 Å². The van der Waals surface area contributed by atoms with E-state index in [-0.39, 0.29) is 16.7 Å². The van der Waals surface area contributed by atoms with Gasteiger partial charge in [-0.15, -0.1) is 0 Å². The average Bonchev–Trinajstić information content (AvgIpc) is 2.27. The Morgan fingerprint density at radius 1 is 1.35 bits per heavy atom. The van der Waals surface area contributed by atoms with Crippen LogP contribution in [0, 0.1) is 0 Å². The van der Waals surface area contributed by atoms with Crippen molar-refractivity contribution in [2.45, 2.75) is 6.18 Å². The Kier molecular flexibility index (Phi) is 2.49. The number of halogens is 3. The maximum Gasteiger partial charge on any atom is 0.416 e. The quantitative estimate of drug-likeness (QED) is 0.832. The predicted molar refractivity (Wildman–Crippen MR) is 57.5 cm³/mol. The Morgan fingerprint density at radius 2 is 2.06 bits per heavy atom. The first-order valence-electron chi connectivity index (χ1n) is 4.65. The molecule has 0 fully saturated rings. The third-order valence-corrected chi connectivity index (χ3v) is 2.24. The summed E-state index contributed by atoms with van der Waals surface area (Å²) in [6, 6.07) is 2.84. The highest BCUT2D eigenvalue weighted by atomic mass is 19.4. The van der Waals surface area contributed by atoms with Crippen molar-refractivity contribution in [1.82, 2.24) is 9.97 Å². The van der Waals surface area contributed by atoms with Gasteiger partial charge in [0, 0.05) is 0 Å². The van der Waals surface area contributed by atoms with Crippen LogP contribution in [0.15, 0.2) is 29.6 Å². The molecule has 1 N–H and O–H groups in total. The number of rotatable bonds is 1. The van der Waals surface area contributed by atoms with Gasteiger partial charge in [0.05, 0.1) is 16.5 Å². The van der Waals surface area contributed by atoms with Crippen LogP contribution in [0.2, 0.25) is 0 Å². The fourth-order valence-corrected chi connectivity index (χ4v) is 1.43. The predicted octanol–water partition coefficient (Wildman–Crippen LogP) is 2.58. The third kappa shape index (κ3) is 2.06. The molecular weight excluding hydrogens is 233 g/mol. The Balaban J connectivity index is 2.75. The summed E-state index contributed by atoms with van der Waals surface area (Å²) >= 11 is 0. The molecule has 3 nitrogen and oxygen atoms in total. The van der Waals surface area contributed by atoms with Crippen molar-refractivity contribution < 1.29 is 13.2 Å². The van der Waals surface area contributed by atoms with Gasteiger partial charge in [-0.05, 0) is 24.3 Å². The molecule has 1 aromatic heterocycles. The summed E-state index contributed by atoms with van der Waals surface area (Å²) in [5.74, 6) is 0.224. The topological polar surface area (TPSA) is 45.8 Å². The largest absolute Gasteiger partial charge is 0.416 e. The molecule has 6 heteroatoms. The van der Waals surface area contributed by atoms with Crippen molar-refractivity contribution in [3.63, 3.8) is 0 Å². The van der Waals surface area contributed by atoms with E-state index in [1.54, 1.807) is 0 Å². The smallest absolute Gasteiger partial charge is 0.306 e. The third-order valence-electron chi connectivity index (χ3n) is 2.24. The van der Waals surface area contributed by atoms with Crippen LogP contribution in [0.1, 0.15) is 11.4 Å². The van der Waals surface area contributed by atoms with E-state index >= 15 is 0 Å². The minimum absolute atomic E-state index is 0.0922. The van der Waals surface area contributed by atoms with Crippen molar-refractivity contribution in [2.75, 3.05) is 0 Å². The van der Waals surface area contributed by atoms with Gasteiger partial charge in [0.25, 0.3) is 5.56 Å². The van der Waals surface area contributed by atoms with Gasteiger partial charge in [0.1, 0.15) is 5.82 Å². The summed E-state index contributed by atoms with van der Waals surface area (Å²) < 4.78 is 37.3. The van der Waals surface area contributed by atoms with E-state index in [1.165, 1.54) is 12.1 Å². The Morgan fingerprint density at radius 3 is 2.65 bits per heavy atom. The van der Waals surface area contributed by atoms with Crippen LogP contribution < -0.4 is 5.56 Å². The number of aromatic amines is 1. The minimum atomic E-state index is -4.47. The molecule has 0 saturated heterocycles. The number of benzene rings is 1. The molecule has 1 aromatic carbocycles. The summed E-state index contributed by atoms with van der Waals surface area (Å²) in [6.07, 6.45) is -3.16. The summed E-state index contributed by atoms with van der Waals surface area (Å²) in [6.45, 7) is 3.42. The molecule has 17 heavy (non-hydrogen) atoms. The van der Waals surface area contributed by atoms with Gasteiger partial charge in [-0.25, -0.2) is 4.98 Å². The summed E-state index contributed by atoms with van der Waals surface area (Å²) in [5.41, 5.74) is -1.28. The highest BCUT2D eigenvalue weighted by molar-refractivity contribution is 5.79. The van der Waals surface area contributed by atoms with Gasteiger partial charge < -0.3 is 4.98 Å². The SMILES string of the molecule is C=Cc1nc2ccc(C(F)(F)F)cc2c(=O)[nH]1. The highest BCUT2D eigenvalue weighted by Crippen LogP contribution is 2.30. The molecule has 2 aromatic rings. The zero-order valence-corrected chi connectivity index (χ0v) is 8.51. The lowest BCUT2D eigenvalue weighted by Crippen LogP contribution is -2.12. The maximum atomic E-state index is 12.4. The van der Waals surface area contributed by atoms with E-state index in [9.17, 15) is 18.0 Å². The number of aromatic nitrogens is 2. The maximum absolute atomic E-state index is 12.4. The molecule has 0 aliphatic rings. The molecule has 0 saturated carbocycles. The van der Waals surface area contributed by atoms with Gasteiger partial charge in [-0.2, -0.15) is 13.2 Å². The molecule has 88 valence electrons. The molecule has 0 radical (unpaired) electrons. The van der Waals surface area contributed by atoms with Gasteiger partial charge in [0.15, 0.2) is 0 Å². The molecular formula is C11H7F3N2O. The number of nitrogens with zero attached hydrogens (tertiary/aromatic N) is 1. The van der Waals surface area contributed by atoms with E-state index in [4.69, 9.17) is 0 Å². The molecule has 0 atom stereocenters. The Hall–Kier alpha value is -2.11. The molecule has 0 amide bonds. The number of hydrogen-bond donors (Lipinski definition) is 1. The van der Waals surface area contributed by atoms with Crippen LogP contribution in [-0.2, 0) is 6.18 Å². The van der Waals surface area contributed by atoms with Crippen LogP contribution >= 0.6 is 0 Å². The molecule has 0 aliphatic carbocycles. The summed E-state index contributed by atoms with van der Waals surface area (Å²) in [4.78, 5) is 17.8. The van der Waals surface area contributed by atoms with Gasteiger partial charge >= 0.3 is 6.18 Å². The molecule has 0 aliphatic heterocycles. The monoisotopic (exact) mass is 240 g/mol. The number of alkyl halides is 3. The minimum Gasteiger partial charge on any atom is -0.306 e. The van der Waals surface area contributed by atoms with Crippen molar-refractivity contribution in [3.8, 4) is 0 Å². The standard InChI is InChI=1S/C11H7F3N2O/c1-2-9-15-8-4-3-6(11(12,13)14)5-7(8)10(17)16-9/h2-5H,1H2,(H,15,16,17). The van der Waals surface area contributed by atoms with Crippen molar-refractivity contribution in [3.05, 3.63) is 46.5 Å². The second kappa shape index (κ2) is 3.73. The zero-order chi connectivity index (χ0) is 12.6. The fraction of sp³-hybridized carbons (Fsp3) is 0.0909. The van der Waals surface area contributed by atoms with Crippen molar-refractivity contribution >= 4 is 17.0 Å². The first-order valence-corrected chi connectivity index (χ1v) is 4.65. The Labute approximate surface area is 93.6 Å². The first-order chi connectivity index (χ1) is 7.91. The normalized spacial score (nSPS) is 11.7. The molecule has 0 unspecified atom stereocenters. The second-order valence-corrected chi connectivity index (χ2v) is 3.38. The highest BCUT2D eigenvalue weighted by Gasteiger charge is 2.30. The molecule has 1 heterocycles. The first kappa shape index (κ1) is 11.4. The van der Waals surface area contributed by atoms with Crippen LogP contribution in [0.5, 0.6) is 0 Å². The number of hydrogen-bond acceptors (Lipinski definition) is 2. The number of fused-ring (bicyclic) bond motifs is 1. The Bertz CT molecular complexity index is 643. The lowest BCUT2D eigenvalue weighted by atomic mass is 10.1. The van der Waals surface area contributed by atoms with Gasteiger partial charge in [-0.3, -0.25) is 4.79 Å². The molecule has 2 rings (SSSR count). The summed E-state index contributed by atoms with van der Waals surface area (Å²) in [7, 11) is 0. The van der Waals surface area contributed by atoms with E-state index < -0.39 is 17.3 Å². The number of H-pyrrole nitrogens is 1. The lowest BCUT2D eigenvalue weighted by molar-refractivity contribution is -0.137. The van der Waals surface area contributed by atoms with Crippen LogP contribution in [-0.4, -0.2) is 9.97 Å². The lowest BCUT2D eigenvalue weighted by Gasteiger charge is -2.07. The molecule has 0 spiro atoms. The summed E-state index contributed by atoms with van der Waals surface area (Å²) in [5, 5.41) is -0.0922. The van der Waals surface area contributed by atoms with E-state index in [2.05, 4.69) is 16.5 Å². The van der Waals surface area contributed by atoms with Crippen LogP contribution in [0.25, 0.3) is 17.0 Å². The molecule has 0 bridgehead atoms. The van der Waals surface area contributed by atoms with E-state index in [0.29, 0.717) is 0 Å². The zero-order valence-electron chi connectivity index (χ0n) is 8.51. The van der Waals surface area contributed by atoms with Crippen LogP contribution in [0.3, 0.4) is 0 Å². The fourth-order valence-electron chi connectivity index (χ4n) is 1.43. The number of nitrogens with one attached hydrogen (secondary N) is 1. The van der Waals surface area contributed by atoms with Crippen molar-refractivity contribution in [2.24, 2.45) is 0 Å². The van der Waals surface area contributed by atoms with Crippen molar-refractivity contribution in [1.29, 1.82) is 0 Å². The van der Waals surface area contributed by atoms with E-state index in [0.717, 1.165) is 12.1 Å². The second-order valence-electron chi connectivity index (χ2n) is 3.38. The van der Waals surface area contributed by atoms with Gasteiger partial charge in [-0.1, -0.05) is 6.58 Å².